The number of carbonyl (C=O) groups is 1. The molecule has 0 aromatic heterocycles. The van der Waals surface area contributed by atoms with Gasteiger partial charge in [-0.2, -0.15) is 0 Å². The van der Waals surface area contributed by atoms with Crippen LogP contribution in [-0.4, -0.2) is 12.5 Å². The highest BCUT2D eigenvalue weighted by Crippen LogP contribution is 2.40. The first kappa shape index (κ1) is 14.9. The van der Waals surface area contributed by atoms with Gasteiger partial charge >= 0.3 is 0 Å². The van der Waals surface area contributed by atoms with Gasteiger partial charge in [0.1, 0.15) is 0 Å². The summed E-state index contributed by atoms with van der Waals surface area (Å²) >= 11 is 0. The van der Waals surface area contributed by atoms with E-state index in [1.807, 2.05) is 25.1 Å². The Hall–Kier alpha value is -1.55. The molecule has 1 aliphatic rings. The van der Waals surface area contributed by atoms with Crippen LogP contribution in [0.15, 0.2) is 18.2 Å². The lowest BCUT2D eigenvalue weighted by Crippen LogP contribution is -2.36. The number of hydrogen-bond donors (Lipinski definition) is 3. The van der Waals surface area contributed by atoms with E-state index in [1.165, 1.54) is 25.7 Å². The van der Waals surface area contributed by atoms with Crippen molar-refractivity contribution in [2.24, 2.45) is 11.3 Å². The molecule has 1 amide bonds. The average molecular weight is 275 g/mol. The Morgan fingerprint density at radius 3 is 2.65 bits per heavy atom. The van der Waals surface area contributed by atoms with Crippen LogP contribution in [0.2, 0.25) is 0 Å². The number of anilines is 1. The highest BCUT2D eigenvalue weighted by atomic mass is 16.1. The third kappa shape index (κ3) is 3.12. The molecule has 0 atom stereocenters. The molecule has 1 saturated carbocycles. The van der Waals surface area contributed by atoms with E-state index in [2.05, 4.69) is 17.7 Å². The molecule has 1 aliphatic carbocycles. The Morgan fingerprint density at radius 1 is 1.35 bits per heavy atom. The van der Waals surface area contributed by atoms with Crippen molar-refractivity contribution in [3.05, 3.63) is 29.3 Å². The fourth-order valence-corrected chi connectivity index (χ4v) is 3.12. The molecule has 4 N–H and O–H groups in total. The van der Waals surface area contributed by atoms with E-state index in [4.69, 9.17) is 5.84 Å². The van der Waals surface area contributed by atoms with Crippen LogP contribution < -0.4 is 16.6 Å². The predicted molar refractivity (Wildman–Crippen MR) is 82.5 cm³/mol. The van der Waals surface area contributed by atoms with Gasteiger partial charge in [-0.05, 0) is 49.3 Å². The number of nitrogen functional groups attached to an aromatic ring is 1. The van der Waals surface area contributed by atoms with E-state index in [1.54, 1.807) is 0 Å². The number of amides is 1. The number of aryl methyl sites for hydroxylation is 1. The van der Waals surface area contributed by atoms with Crippen LogP contribution in [0.25, 0.3) is 0 Å². The summed E-state index contributed by atoms with van der Waals surface area (Å²) in [6, 6.07) is 5.65. The second kappa shape index (κ2) is 6.27. The summed E-state index contributed by atoms with van der Waals surface area (Å²) in [5, 5.41) is 3.09. The zero-order chi connectivity index (χ0) is 14.6. The molecule has 1 aromatic rings. The molecule has 20 heavy (non-hydrogen) atoms. The second-order valence-electron chi connectivity index (χ2n) is 5.94. The zero-order valence-corrected chi connectivity index (χ0v) is 12.5. The number of benzene rings is 1. The minimum absolute atomic E-state index is 0.0438. The van der Waals surface area contributed by atoms with E-state index in [9.17, 15) is 4.79 Å². The van der Waals surface area contributed by atoms with Crippen molar-refractivity contribution < 1.29 is 4.79 Å². The standard InChI is InChI=1S/C16H25N3O/c1-3-16(8-4-5-9-16)11-18-15(20)13-7-6-12(2)10-14(13)19-17/h6-7,10,19H,3-5,8-9,11,17H2,1-2H3,(H,18,20). The van der Waals surface area contributed by atoms with E-state index in [0.29, 0.717) is 16.7 Å². The van der Waals surface area contributed by atoms with Crippen LogP contribution in [0, 0.1) is 12.3 Å². The van der Waals surface area contributed by atoms with E-state index in [0.717, 1.165) is 18.5 Å². The zero-order valence-electron chi connectivity index (χ0n) is 12.5. The Bertz CT molecular complexity index is 479. The van der Waals surface area contributed by atoms with Gasteiger partial charge in [0.25, 0.3) is 5.91 Å². The van der Waals surface area contributed by atoms with Crippen LogP contribution in [0.1, 0.15) is 54.9 Å². The SMILES string of the molecule is CCC1(CNC(=O)c2ccc(C)cc2NN)CCCC1. The number of rotatable bonds is 5. The fourth-order valence-electron chi connectivity index (χ4n) is 3.12. The first-order chi connectivity index (χ1) is 9.60. The van der Waals surface area contributed by atoms with E-state index in [-0.39, 0.29) is 5.91 Å². The number of hydrazine groups is 1. The molecular weight excluding hydrogens is 250 g/mol. The third-order valence-electron chi connectivity index (χ3n) is 4.61. The molecule has 4 heteroatoms. The van der Waals surface area contributed by atoms with Crippen molar-refractivity contribution in [1.82, 2.24) is 5.32 Å². The van der Waals surface area contributed by atoms with Crippen LogP contribution in [0.5, 0.6) is 0 Å². The fraction of sp³-hybridized carbons (Fsp3) is 0.562. The first-order valence-corrected chi connectivity index (χ1v) is 7.46. The highest BCUT2D eigenvalue weighted by molar-refractivity contribution is 5.99. The monoisotopic (exact) mass is 275 g/mol. The predicted octanol–water partition coefficient (Wildman–Crippen LogP) is 2.98. The molecule has 1 fully saturated rings. The summed E-state index contributed by atoms with van der Waals surface area (Å²) in [6.45, 7) is 4.96. The summed E-state index contributed by atoms with van der Waals surface area (Å²) in [7, 11) is 0. The largest absolute Gasteiger partial charge is 0.351 e. The molecule has 1 aromatic carbocycles. The maximum Gasteiger partial charge on any atom is 0.253 e. The lowest BCUT2D eigenvalue weighted by Gasteiger charge is -2.27. The lowest BCUT2D eigenvalue weighted by atomic mass is 9.83. The number of nitrogens with one attached hydrogen (secondary N) is 2. The summed E-state index contributed by atoms with van der Waals surface area (Å²) < 4.78 is 0. The van der Waals surface area contributed by atoms with Crippen LogP contribution in [0.4, 0.5) is 5.69 Å². The molecule has 0 aliphatic heterocycles. The molecule has 4 nitrogen and oxygen atoms in total. The van der Waals surface area contributed by atoms with Gasteiger partial charge in [0.05, 0.1) is 11.3 Å². The molecule has 110 valence electrons. The summed E-state index contributed by atoms with van der Waals surface area (Å²) in [5.74, 6) is 5.45. The van der Waals surface area contributed by atoms with Crippen molar-refractivity contribution in [2.45, 2.75) is 46.0 Å². The number of carbonyl (C=O) groups excluding carboxylic acids is 1. The van der Waals surface area contributed by atoms with E-state index < -0.39 is 0 Å². The van der Waals surface area contributed by atoms with Gasteiger partial charge in [0.15, 0.2) is 0 Å². The average Bonchev–Trinajstić information content (AvgIpc) is 2.94. The van der Waals surface area contributed by atoms with Crippen LogP contribution in [0.3, 0.4) is 0 Å². The number of hydrogen-bond acceptors (Lipinski definition) is 3. The lowest BCUT2D eigenvalue weighted by molar-refractivity contribution is 0.0929. The van der Waals surface area contributed by atoms with Crippen molar-refractivity contribution in [1.29, 1.82) is 0 Å². The van der Waals surface area contributed by atoms with Gasteiger partial charge < -0.3 is 10.7 Å². The molecule has 0 unspecified atom stereocenters. The summed E-state index contributed by atoms with van der Waals surface area (Å²) in [6.07, 6.45) is 6.14. The molecule has 0 radical (unpaired) electrons. The normalized spacial score (nSPS) is 16.9. The van der Waals surface area contributed by atoms with Crippen molar-refractivity contribution in [2.75, 3.05) is 12.0 Å². The van der Waals surface area contributed by atoms with Gasteiger partial charge in [0, 0.05) is 6.54 Å². The molecular formula is C16H25N3O. The molecule has 2 rings (SSSR count). The first-order valence-electron chi connectivity index (χ1n) is 7.46. The molecule has 0 spiro atoms. The van der Waals surface area contributed by atoms with Gasteiger partial charge in [0.2, 0.25) is 0 Å². The Morgan fingerprint density at radius 2 is 2.05 bits per heavy atom. The maximum absolute atomic E-state index is 12.3. The van der Waals surface area contributed by atoms with E-state index >= 15 is 0 Å². The van der Waals surface area contributed by atoms with Gasteiger partial charge in [-0.3, -0.25) is 10.6 Å². The third-order valence-corrected chi connectivity index (χ3v) is 4.61. The Labute approximate surface area is 121 Å². The molecule has 0 heterocycles. The highest BCUT2D eigenvalue weighted by Gasteiger charge is 2.32. The minimum Gasteiger partial charge on any atom is -0.351 e. The topological polar surface area (TPSA) is 67.2 Å². The molecule has 0 saturated heterocycles. The van der Waals surface area contributed by atoms with Crippen molar-refractivity contribution in [3.8, 4) is 0 Å². The Balaban J connectivity index is 2.05. The van der Waals surface area contributed by atoms with Crippen molar-refractivity contribution >= 4 is 11.6 Å². The van der Waals surface area contributed by atoms with Crippen LogP contribution in [-0.2, 0) is 0 Å². The van der Waals surface area contributed by atoms with Crippen molar-refractivity contribution in [3.63, 3.8) is 0 Å². The van der Waals surface area contributed by atoms with Gasteiger partial charge in [-0.15, -0.1) is 0 Å². The van der Waals surface area contributed by atoms with Gasteiger partial charge in [-0.1, -0.05) is 25.8 Å². The number of nitrogens with two attached hydrogens (primary N) is 1. The summed E-state index contributed by atoms with van der Waals surface area (Å²) in [4.78, 5) is 12.3. The van der Waals surface area contributed by atoms with Gasteiger partial charge in [-0.25, -0.2) is 0 Å². The maximum atomic E-state index is 12.3. The van der Waals surface area contributed by atoms with Crippen LogP contribution >= 0.6 is 0 Å². The summed E-state index contributed by atoms with van der Waals surface area (Å²) in [5.41, 5.74) is 5.28. The Kier molecular flexibility index (Phi) is 4.65. The second-order valence-corrected chi connectivity index (χ2v) is 5.94. The minimum atomic E-state index is -0.0438. The molecule has 0 bridgehead atoms. The smallest absolute Gasteiger partial charge is 0.253 e. The quantitative estimate of drug-likeness (QED) is 0.571.